The highest BCUT2D eigenvalue weighted by molar-refractivity contribution is 6.37. The van der Waals surface area contributed by atoms with Crippen molar-refractivity contribution in [3.63, 3.8) is 0 Å². The first-order valence-electron chi connectivity index (χ1n) is 12.4. The van der Waals surface area contributed by atoms with Gasteiger partial charge in [0.2, 0.25) is 0 Å². The predicted molar refractivity (Wildman–Crippen MR) is 135 cm³/mol. The maximum Gasteiger partial charge on any atom is 0.338 e. The van der Waals surface area contributed by atoms with E-state index in [2.05, 4.69) is 0 Å². The van der Waals surface area contributed by atoms with Crippen molar-refractivity contribution in [3.05, 3.63) is 101 Å². The zero-order valence-corrected chi connectivity index (χ0v) is 20.7. The Kier molecular flexibility index (Phi) is 5.31. The molecule has 0 radical (unpaired) electrons. The van der Waals surface area contributed by atoms with Crippen LogP contribution in [0.3, 0.4) is 0 Å². The number of carbonyl (C=O) groups excluding carboxylic acids is 5. The number of anilines is 1. The van der Waals surface area contributed by atoms with Gasteiger partial charge in [-0.15, -0.1) is 0 Å². The minimum atomic E-state index is -2.02. The summed E-state index contributed by atoms with van der Waals surface area (Å²) < 4.78 is 10.2. The minimum Gasteiger partial charge on any atom is -0.462 e. The van der Waals surface area contributed by atoms with Crippen molar-refractivity contribution in [2.45, 2.75) is 25.4 Å². The summed E-state index contributed by atoms with van der Waals surface area (Å²) in [6.07, 6.45) is 0. The zero-order chi connectivity index (χ0) is 26.8. The standard InChI is InChI=1S/C30H23NO7/c1-3-37-27(34)18-12-14-19(15-13-18)31-24(17-10-8-16(2)9-11-17)22-23(29(36)38-28(22)35)30(31)25(32)20-6-4-5-7-21(20)26(30)33/h4-15,22-24H,3H2,1-2H3/t22-,23+,24-/m1/s1. The number of hydrogen-bond donors (Lipinski definition) is 0. The summed E-state index contributed by atoms with van der Waals surface area (Å²) in [7, 11) is 0. The molecular weight excluding hydrogens is 486 g/mol. The quantitative estimate of drug-likeness (QED) is 0.386. The highest BCUT2D eigenvalue weighted by Gasteiger charge is 2.76. The van der Waals surface area contributed by atoms with E-state index < -0.39 is 52.9 Å². The van der Waals surface area contributed by atoms with Crippen LogP contribution in [0, 0.1) is 18.8 Å². The van der Waals surface area contributed by atoms with Crippen LogP contribution in [0.15, 0.2) is 72.8 Å². The number of hydrogen-bond acceptors (Lipinski definition) is 8. The smallest absolute Gasteiger partial charge is 0.338 e. The SMILES string of the molecule is CCOC(=O)c1ccc(N2[C@H](c3ccc(C)cc3)[C@@H]3C(=O)OC(=O)[C@H]3C23C(=O)c2ccccc2C3=O)cc1. The number of fused-ring (bicyclic) bond motifs is 3. The van der Waals surface area contributed by atoms with Crippen LogP contribution < -0.4 is 4.90 Å². The van der Waals surface area contributed by atoms with Crippen molar-refractivity contribution >= 4 is 35.2 Å². The Morgan fingerprint density at radius 1 is 0.868 bits per heavy atom. The van der Waals surface area contributed by atoms with E-state index in [9.17, 15) is 24.0 Å². The van der Waals surface area contributed by atoms with Crippen molar-refractivity contribution in [1.29, 1.82) is 0 Å². The number of ketones is 2. The third-order valence-electron chi connectivity index (χ3n) is 7.72. The van der Waals surface area contributed by atoms with Gasteiger partial charge < -0.3 is 14.4 Å². The fourth-order valence-electron chi connectivity index (χ4n) is 6.14. The highest BCUT2D eigenvalue weighted by atomic mass is 16.6. The Morgan fingerprint density at radius 3 is 2.05 bits per heavy atom. The molecule has 0 unspecified atom stereocenters. The molecule has 0 amide bonds. The van der Waals surface area contributed by atoms with Crippen LogP contribution in [0.4, 0.5) is 5.69 Å². The summed E-state index contributed by atoms with van der Waals surface area (Å²) in [5.41, 5.74) is 0.710. The Balaban J connectivity index is 1.61. The van der Waals surface area contributed by atoms with E-state index in [4.69, 9.17) is 9.47 Å². The molecule has 3 atom stereocenters. The van der Waals surface area contributed by atoms with E-state index in [1.54, 1.807) is 60.4 Å². The Bertz CT molecular complexity index is 1490. The normalized spacial score (nSPS) is 23.0. The second kappa shape index (κ2) is 8.48. The summed E-state index contributed by atoms with van der Waals surface area (Å²) >= 11 is 0. The topological polar surface area (TPSA) is 107 Å². The van der Waals surface area contributed by atoms with Gasteiger partial charge in [0.25, 0.3) is 0 Å². The van der Waals surface area contributed by atoms with E-state index in [0.29, 0.717) is 16.8 Å². The number of cyclic esters (lactones) is 2. The van der Waals surface area contributed by atoms with Crippen LogP contribution in [-0.2, 0) is 19.1 Å². The molecule has 3 aromatic carbocycles. The number of ether oxygens (including phenoxy) is 2. The molecule has 0 bridgehead atoms. The lowest BCUT2D eigenvalue weighted by molar-refractivity contribution is -0.154. The molecule has 1 spiro atoms. The second-order valence-electron chi connectivity index (χ2n) is 9.71. The van der Waals surface area contributed by atoms with Crippen LogP contribution in [0.25, 0.3) is 0 Å². The van der Waals surface area contributed by atoms with Gasteiger partial charge in [-0.3, -0.25) is 19.2 Å². The third kappa shape index (κ3) is 3.06. The molecule has 6 rings (SSSR count). The van der Waals surface area contributed by atoms with Gasteiger partial charge in [-0.05, 0) is 43.7 Å². The van der Waals surface area contributed by atoms with Gasteiger partial charge in [0.15, 0.2) is 17.1 Å². The fourth-order valence-corrected chi connectivity index (χ4v) is 6.14. The number of nitrogens with zero attached hydrogens (tertiary/aromatic N) is 1. The molecular formula is C30H23NO7. The molecule has 3 aliphatic rings. The monoisotopic (exact) mass is 509 g/mol. The molecule has 0 N–H and O–H groups in total. The average Bonchev–Trinajstić information content (AvgIpc) is 3.48. The minimum absolute atomic E-state index is 0.195. The van der Waals surface area contributed by atoms with Gasteiger partial charge >= 0.3 is 17.9 Å². The van der Waals surface area contributed by atoms with Gasteiger partial charge in [0.1, 0.15) is 5.92 Å². The largest absolute Gasteiger partial charge is 0.462 e. The highest BCUT2D eigenvalue weighted by Crippen LogP contribution is 2.59. The summed E-state index contributed by atoms with van der Waals surface area (Å²) in [6.45, 7) is 3.83. The summed E-state index contributed by atoms with van der Waals surface area (Å²) in [4.78, 5) is 68.8. The summed E-state index contributed by atoms with van der Waals surface area (Å²) in [6, 6.07) is 19.3. The number of benzene rings is 3. The van der Waals surface area contributed by atoms with Gasteiger partial charge in [-0.25, -0.2) is 4.79 Å². The molecule has 0 saturated carbocycles. The van der Waals surface area contributed by atoms with Gasteiger partial charge in [-0.1, -0.05) is 54.1 Å². The van der Waals surface area contributed by atoms with E-state index >= 15 is 0 Å². The molecule has 8 heteroatoms. The molecule has 3 aromatic rings. The second-order valence-corrected chi connectivity index (χ2v) is 9.71. The summed E-state index contributed by atoms with van der Waals surface area (Å²) in [5.74, 6) is -5.70. The first kappa shape index (κ1) is 23.8. The average molecular weight is 510 g/mol. The maximum absolute atomic E-state index is 14.2. The Labute approximate surface area is 218 Å². The first-order chi connectivity index (χ1) is 18.3. The molecule has 2 heterocycles. The lowest BCUT2D eigenvalue weighted by Gasteiger charge is -2.39. The molecule has 190 valence electrons. The molecule has 38 heavy (non-hydrogen) atoms. The van der Waals surface area contributed by atoms with Crippen molar-refractivity contribution < 1.29 is 33.4 Å². The molecule has 2 aliphatic heterocycles. The van der Waals surface area contributed by atoms with Gasteiger partial charge in [-0.2, -0.15) is 0 Å². The zero-order valence-electron chi connectivity index (χ0n) is 20.7. The number of carbonyl (C=O) groups is 5. The lowest BCUT2D eigenvalue weighted by atomic mass is 9.76. The molecule has 2 saturated heterocycles. The van der Waals surface area contributed by atoms with Crippen molar-refractivity contribution in [1.82, 2.24) is 0 Å². The molecule has 2 fully saturated rings. The van der Waals surface area contributed by atoms with Crippen LogP contribution in [0.5, 0.6) is 0 Å². The van der Waals surface area contributed by atoms with Crippen LogP contribution in [-0.4, -0.2) is 41.6 Å². The van der Waals surface area contributed by atoms with E-state index in [-0.39, 0.29) is 17.7 Å². The van der Waals surface area contributed by atoms with Crippen molar-refractivity contribution in [2.75, 3.05) is 11.5 Å². The molecule has 0 aromatic heterocycles. The molecule has 8 nitrogen and oxygen atoms in total. The number of Topliss-reactive ketones (excluding diaryl/α,β-unsaturated/α-hetero) is 2. The Morgan fingerprint density at radius 2 is 1.47 bits per heavy atom. The van der Waals surface area contributed by atoms with Gasteiger partial charge in [0.05, 0.1) is 24.1 Å². The summed E-state index contributed by atoms with van der Waals surface area (Å²) in [5, 5.41) is 0. The predicted octanol–water partition coefficient (Wildman–Crippen LogP) is 3.87. The lowest BCUT2D eigenvalue weighted by Crippen LogP contribution is -2.59. The van der Waals surface area contributed by atoms with Crippen molar-refractivity contribution in [3.8, 4) is 0 Å². The van der Waals surface area contributed by atoms with E-state index in [1.807, 2.05) is 31.2 Å². The van der Waals surface area contributed by atoms with Crippen molar-refractivity contribution in [2.24, 2.45) is 11.8 Å². The number of esters is 3. The first-order valence-corrected chi connectivity index (χ1v) is 12.4. The number of rotatable bonds is 4. The van der Waals surface area contributed by atoms with Gasteiger partial charge in [0, 0.05) is 16.8 Å². The fraction of sp³-hybridized carbons (Fsp3) is 0.233. The van der Waals surface area contributed by atoms with E-state index in [0.717, 1.165) is 5.56 Å². The molecule has 1 aliphatic carbocycles. The van der Waals surface area contributed by atoms with E-state index in [1.165, 1.54) is 0 Å². The van der Waals surface area contributed by atoms with Crippen LogP contribution >= 0.6 is 0 Å². The van der Waals surface area contributed by atoms with Crippen LogP contribution in [0.2, 0.25) is 0 Å². The Hall–Kier alpha value is -4.59. The van der Waals surface area contributed by atoms with Crippen LogP contribution in [0.1, 0.15) is 55.2 Å². The maximum atomic E-state index is 14.2. The third-order valence-corrected chi connectivity index (χ3v) is 7.72. The number of aryl methyl sites for hydroxylation is 1.